The molecule has 24 heavy (non-hydrogen) atoms. The molecule has 122 valence electrons. The Morgan fingerprint density at radius 3 is 2.25 bits per heavy atom. The van der Waals surface area contributed by atoms with Gasteiger partial charge < -0.3 is 19.2 Å². The number of amides is 1. The molecule has 0 unspecified atom stereocenters. The van der Waals surface area contributed by atoms with E-state index in [4.69, 9.17) is 13.9 Å². The monoisotopic (exact) mass is 324 g/mol. The molecule has 0 fully saturated rings. The Hall–Kier alpha value is -3.28. The highest BCUT2D eigenvalue weighted by Crippen LogP contribution is 2.24. The first kappa shape index (κ1) is 15.6. The van der Waals surface area contributed by atoms with E-state index < -0.39 is 0 Å². The number of ether oxygens (including phenoxy) is 2. The molecule has 1 aromatic heterocycles. The van der Waals surface area contributed by atoms with E-state index in [0.717, 1.165) is 5.56 Å². The fourth-order valence-electron chi connectivity index (χ4n) is 2.22. The van der Waals surface area contributed by atoms with Gasteiger partial charge in [-0.25, -0.2) is 4.98 Å². The molecule has 0 saturated carbocycles. The molecule has 1 N–H and O–H groups in total. The van der Waals surface area contributed by atoms with Gasteiger partial charge >= 0.3 is 0 Å². The van der Waals surface area contributed by atoms with Crippen molar-refractivity contribution in [3.05, 3.63) is 60.6 Å². The Balaban J connectivity index is 1.77. The number of anilines is 1. The molecule has 0 aliphatic heterocycles. The van der Waals surface area contributed by atoms with E-state index in [1.54, 1.807) is 50.7 Å². The maximum Gasteiger partial charge on any atom is 0.255 e. The minimum atomic E-state index is -0.250. The van der Waals surface area contributed by atoms with Gasteiger partial charge in [-0.15, -0.1) is 0 Å². The Labute approximate surface area is 139 Å². The Bertz CT molecular complexity index is 804. The summed E-state index contributed by atoms with van der Waals surface area (Å²) in [6.45, 7) is 0. The zero-order chi connectivity index (χ0) is 16.9. The number of oxazole rings is 1. The van der Waals surface area contributed by atoms with Crippen LogP contribution >= 0.6 is 0 Å². The third-order valence-electron chi connectivity index (χ3n) is 3.47. The Morgan fingerprint density at radius 1 is 1.04 bits per heavy atom. The number of aromatic nitrogens is 1. The maximum atomic E-state index is 12.4. The third-order valence-corrected chi connectivity index (χ3v) is 3.47. The van der Waals surface area contributed by atoms with Crippen LogP contribution in [0.2, 0.25) is 0 Å². The van der Waals surface area contributed by atoms with E-state index in [-0.39, 0.29) is 5.91 Å². The van der Waals surface area contributed by atoms with Crippen molar-refractivity contribution in [2.75, 3.05) is 19.5 Å². The molecule has 3 aromatic rings. The predicted molar refractivity (Wildman–Crippen MR) is 89.4 cm³/mol. The molecule has 1 heterocycles. The Kier molecular flexibility index (Phi) is 4.47. The second-order valence-electron chi connectivity index (χ2n) is 5.00. The SMILES string of the molecule is COc1cc(OC)cc(C(=O)Nc2ccc(-c3cnco3)cc2)c1. The number of rotatable bonds is 5. The molecule has 3 rings (SSSR count). The van der Waals surface area contributed by atoms with E-state index in [9.17, 15) is 4.79 Å². The summed E-state index contributed by atoms with van der Waals surface area (Å²) in [4.78, 5) is 16.3. The molecule has 6 heteroatoms. The van der Waals surface area contributed by atoms with Gasteiger partial charge in [0.1, 0.15) is 11.5 Å². The molecule has 2 aromatic carbocycles. The maximum absolute atomic E-state index is 12.4. The van der Waals surface area contributed by atoms with Gasteiger partial charge in [0.25, 0.3) is 5.91 Å². The topological polar surface area (TPSA) is 73.6 Å². The lowest BCUT2D eigenvalue weighted by atomic mass is 10.1. The zero-order valence-electron chi connectivity index (χ0n) is 13.3. The summed E-state index contributed by atoms with van der Waals surface area (Å²) in [7, 11) is 3.08. The van der Waals surface area contributed by atoms with Gasteiger partial charge in [0.2, 0.25) is 0 Å². The lowest BCUT2D eigenvalue weighted by molar-refractivity contribution is 0.102. The van der Waals surface area contributed by atoms with Crippen molar-refractivity contribution in [3.63, 3.8) is 0 Å². The van der Waals surface area contributed by atoms with Gasteiger partial charge in [0.15, 0.2) is 12.2 Å². The zero-order valence-corrected chi connectivity index (χ0v) is 13.3. The van der Waals surface area contributed by atoms with Crippen LogP contribution in [0.5, 0.6) is 11.5 Å². The number of benzene rings is 2. The minimum Gasteiger partial charge on any atom is -0.497 e. The predicted octanol–water partition coefficient (Wildman–Crippen LogP) is 3.61. The highest BCUT2D eigenvalue weighted by Gasteiger charge is 2.10. The summed E-state index contributed by atoms with van der Waals surface area (Å²) in [5.41, 5.74) is 2.00. The van der Waals surface area contributed by atoms with Crippen LogP contribution in [0.1, 0.15) is 10.4 Å². The van der Waals surface area contributed by atoms with Gasteiger partial charge in [0, 0.05) is 22.9 Å². The highest BCUT2D eigenvalue weighted by atomic mass is 16.5. The smallest absolute Gasteiger partial charge is 0.255 e. The normalized spacial score (nSPS) is 10.2. The third kappa shape index (κ3) is 3.38. The summed E-state index contributed by atoms with van der Waals surface area (Å²) in [6, 6.07) is 12.3. The molecule has 0 bridgehead atoms. The first-order valence-corrected chi connectivity index (χ1v) is 7.23. The fraction of sp³-hybridized carbons (Fsp3) is 0.111. The minimum absolute atomic E-state index is 0.250. The molecule has 0 radical (unpaired) electrons. The molecule has 0 aliphatic rings. The van der Waals surface area contributed by atoms with Crippen LogP contribution in [0, 0.1) is 0 Å². The second-order valence-corrected chi connectivity index (χ2v) is 5.00. The van der Waals surface area contributed by atoms with Gasteiger partial charge in [-0.3, -0.25) is 4.79 Å². The van der Waals surface area contributed by atoms with Crippen LogP contribution < -0.4 is 14.8 Å². The van der Waals surface area contributed by atoms with E-state index in [0.29, 0.717) is 28.5 Å². The molecule has 0 aliphatic carbocycles. The van der Waals surface area contributed by atoms with Crippen LogP contribution in [-0.4, -0.2) is 25.1 Å². The van der Waals surface area contributed by atoms with Crippen LogP contribution in [0.25, 0.3) is 11.3 Å². The standard InChI is InChI=1S/C18H16N2O4/c1-22-15-7-13(8-16(9-15)23-2)18(21)20-14-5-3-12(4-6-14)17-10-19-11-24-17/h3-11H,1-2H3,(H,20,21). The Morgan fingerprint density at radius 2 is 1.71 bits per heavy atom. The number of nitrogens with one attached hydrogen (secondary N) is 1. The van der Waals surface area contributed by atoms with E-state index >= 15 is 0 Å². The average molecular weight is 324 g/mol. The van der Waals surface area contributed by atoms with Crippen LogP contribution in [0.4, 0.5) is 5.69 Å². The largest absolute Gasteiger partial charge is 0.497 e. The van der Waals surface area contributed by atoms with E-state index in [1.807, 2.05) is 12.1 Å². The fourth-order valence-corrected chi connectivity index (χ4v) is 2.22. The van der Waals surface area contributed by atoms with Crippen molar-refractivity contribution in [3.8, 4) is 22.8 Å². The molecule has 6 nitrogen and oxygen atoms in total. The number of hydrogen-bond donors (Lipinski definition) is 1. The number of methoxy groups -OCH3 is 2. The average Bonchev–Trinajstić information content (AvgIpc) is 3.16. The quantitative estimate of drug-likeness (QED) is 0.776. The highest BCUT2D eigenvalue weighted by molar-refractivity contribution is 6.04. The number of carbonyl (C=O) groups excluding carboxylic acids is 1. The van der Waals surface area contributed by atoms with Crippen LogP contribution in [0.3, 0.4) is 0 Å². The summed E-state index contributed by atoms with van der Waals surface area (Å²) in [5.74, 6) is 1.53. The van der Waals surface area contributed by atoms with Crippen molar-refractivity contribution in [2.45, 2.75) is 0 Å². The van der Waals surface area contributed by atoms with Crippen molar-refractivity contribution in [1.82, 2.24) is 4.98 Å². The number of hydrogen-bond acceptors (Lipinski definition) is 5. The molecular weight excluding hydrogens is 308 g/mol. The van der Waals surface area contributed by atoms with Gasteiger partial charge in [-0.2, -0.15) is 0 Å². The van der Waals surface area contributed by atoms with Crippen LogP contribution in [-0.2, 0) is 0 Å². The molecule has 0 atom stereocenters. The summed E-state index contributed by atoms with van der Waals surface area (Å²) in [5, 5.41) is 2.84. The molecular formula is C18H16N2O4. The van der Waals surface area contributed by atoms with E-state index in [1.165, 1.54) is 6.39 Å². The lowest BCUT2D eigenvalue weighted by Crippen LogP contribution is -2.12. The number of nitrogens with zero attached hydrogens (tertiary/aromatic N) is 1. The lowest BCUT2D eigenvalue weighted by Gasteiger charge is -2.09. The number of carbonyl (C=O) groups is 1. The van der Waals surface area contributed by atoms with Crippen molar-refractivity contribution in [2.24, 2.45) is 0 Å². The van der Waals surface area contributed by atoms with Crippen molar-refractivity contribution in [1.29, 1.82) is 0 Å². The van der Waals surface area contributed by atoms with Crippen LogP contribution in [0.15, 0.2) is 59.5 Å². The van der Waals surface area contributed by atoms with Gasteiger partial charge in [0.05, 0.1) is 20.4 Å². The summed E-state index contributed by atoms with van der Waals surface area (Å²) < 4.78 is 15.6. The summed E-state index contributed by atoms with van der Waals surface area (Å²) >= 11 is 0. The molecule has 0 saturated heterocycles. The van der Waals surface area contributed by atoms with Gasteiger partial charge in [-0.1, -0.05) is 0 Å². The van der Waals surface area contributed by atoms with E-state index in [2.05, 4.69) is 10.3 Å². The van der Waals surface area contributed by atoms with Gasteiger partial charge in [-0.05, 0) is 36.4 Å². The van der Waals surface area contributed by atoms with Crippen molar-refractivity contribution >= 4 is 11.6 Å². The molecule has 0 spiro atoms. The van der Waals surface area contributed by atoms with Crippen molar-refractivity contribution < 1.29 is 18.7 Å². The first-order chi connectivity index (χ1) is 11.7. The second kappa shape index (κ2) is 6.87. The summed E-state index contributed by atoms with van der Waals surface area (Å²) in [6.07, 6.45) is 3.01. The molecule has 1 amide bonds. The first-order valence-electron chi connectivity index (χ1n) is 7.23.